The van der Waals surface area contributed by atoms with Crippen molar-refractivity contribution in [3.05, 3.63) is 12.3 Å². The summed E-state index contributed by atoms with van der Waals surface area (Å²) < 4.78 is 4.27. The number of hydrogen-bond donors (Lipinski definition) is 6. The summed E-state index contributed by atoms with van der Waals surface area (Å²) >= 11 is 0. The molecule has 6 N–H and O–H groups in total. The Labute approximate surface area is 111 Å². The molecule has 1 heterocycles. The van der Waals surface area contributed by atoms with E-state index in [9.17, 15) is 14.4 Å². The summed E-state index contributed by atoms with van der Waals surface area (Å²) in [5, 5.41) is 50.6. The Kier molecular flexibility index (Phi) is 6.03. The van der Waals surface area contributed by atoms with Crippen LogP contribution in [0.1, 0.15) is 12.8 Å². The Morgan fingerprint density at radius 3 is 1.65 bits per heavy atom. The van der Waals surface area contributed by atoms with Gasteiger partial charge in [0.1, 0.15) is 0 Å². The van der Waals surface area contributed by atoms with Crippen LogP contribution in [-0.2, 0) is 14.4 Å². The first-order valence-corrected chi connectivity index (χ1v) is 4.93. The van der Waals surface area contributed by atoms with Gasteiger partial charge in [-0.3, -0.25) is 9.59 Å². The standard InChI is InChI=1S/C6H8O7.C4H4O3/c7-3(8)1-6(13,5(11)12)2-4(9)10;5-3-1-2-7-4(3)6/h13H,1-2H2,(H,7,8)(H,9,10)(H,11,12);1-2,5-6H. The maximum Gasteiger partial charge on any atom is 0.336 e. The van der Waals surface area contributed by atoms with Gasteiger partial charge in [0.15, 0.2) is 5.60 Å². The van der Waals surface area contributed by atoms with Gasteiger partial charge in [-0.1, -0.05) is 0 Å². The van der Waals surface area contributed by atoms with E-state index in [1.54, 1.807) is 0 Å². The lowest BCUT2D eigenvalue weighted by Crippen LogP contribution is -2.42. The monoisotopic (exact) mass is 292 g/mol. The van der Waals surface area contributed by atoms with E-state index in [1.165, 1.54) is 12.3 Å². The number of carboxylic acid groups (broad SMARTS) is 3. The van der Waals surface area contributed by atoms with Crippen LogP contribution >= 0.6 is 0 Å². The first kappa shape index (κ1) is 17.2. The van der Waals surface area contributed by atoms with E-state index in [1.807, 2.05) is 0 Å². The van der Waals surface area contributed by atoms with Crippen LogP contribution in [0.3, 0.4) is 0 Å². The van der Waals surface area contributed by atoms with Gasteiger partial charge in [0.2, 0.25) is 5.75 Å². The fourth-order valence-corrected chi connectivity index (χ4v) is 1.01. The van der Waals surface area contributed by atoms with Gasteiger partial charge in [-0.2, -0.15) is 0 Å². The molecule has 0 atom stereocenters. The summed E-state index contributed by atoms with van der Waals surface area (Å²) in [6.07, 6.45) is -1.09. The molecule has 0 bridgehead atoms. The summed E-state index contributed by atoms with van der Waals surface area (Å²) in [5.41, 5.74) is -2.74. The van der Waals surface area contributed by atoms with E-state index in [-0.39, 0.29) is 5.75 Å². The van der Waals surface area contributed by atoms with Gasteiger partial charge in [-0.15, -0.1) is 0 Å². The molecule has 1 rings (SSSR count). The first-order valence-electron chi connectivity index (χ1n) is 4.93. The van der Waals surface area contributed by atoms with Crippen molar-refractivity contribution in [1.82, 2.24) is 0 Å². The molecule has 0 spiro atoms. The highest BCUT2D eigenvalue weighted by Gasteiger charge is 2.40. The average molecular weight is 292 g/mol. The molecule has 0 fully saturated rings. The van der Waals surface area contributed by atoms with E-state index in [2.05, 4.69) is 4.42 Å². The number of rotatable bonds is 5. The van der Waals surface area contributed by atoms with Crippen LogP contribution in [0.15, 0.2) is 16.7 Å². The van der Waals surface area contributed by atoms with E-state index in [0.717, 1.165) is 0 Å². The maximum absolute atomic E-state index is 10.3. The molecule has 1 aromatic heterocycles. The smallest absolute Gasteiger partial charge is 0.336 e. The zero-order valence-corrected chi connectivity index (χ0v) is 9.89. The quantitative estimate of drug-likeness (QED) is 0.410. The highest BCUT2D eigenvalue weighted by Crippen LogP contribution is 2.23. The maximum atomic E-state index is 10.3. The number of furan rings is 1. The number of aliphatic hydroxyl groups is 1. The van der Waals surface area contributed by atoms with Crippen molar-refractivity contribution in [3.8, 4) is 11.7 Å². The lowest BCUT2D eigenvalue weighted by Gasteiger charge is -2.18. The van der Waals surface area contributed by atoms with E-state index in [4.69, 9.17) is 30.6 Å². The van der Waals surface area contributed by atoms with Crippen LogP contribution in [0.2, 0.25) is 0 Å². The molecular weight excluding hydrogens is 280 g/mol. The average Bonchev–Trinajstić information content (AvgIpc) is 2.61. The molecule has 0 radical (unpaired) electrons. The molecule has 20 heavy (non-hydrogen) atoms. The first-order chi connectivity index (χ1) is 9.08. The third kappa shape index (κ3) is 5.73. The molecule has 0 amide bonds. The van der Waals surface area contributed by atoms with Crippen molar-refractivity contribution >= 4 is 17.9 Å². The molecule has 0 aliphatic heterocycles. The molecule has 10 heteroatoms. The van der Waals surface area contributed by atoms with Crippen LogP contribution in [0.25, 0.3) is 0 Å². The van der Waals surface area contributed by atoms with Crippen molar-refractivity contribution in [2.45, 2.75) is 18.4 Å². The van der Waals surface area contributed by atoms with E-state index >= 15 is 0 Å². The minimum atomic E-state index is -2.74. The van der Waals surface area contributed by atoms with Crippen LogP contribution in [0.4, 0.5) is 0 Å². The van der Waals surface area contributed by atoms with Crippen molar-refractivity contribution in [2.24, 2.45) is 0 Å². The SMILES string of the molecule is O=C(O)CC(O)(CC(=O)O)C(=O)O.Oc1ccoc1O. The van der Waals surface area contributed by atoms with Gasteiger partial charge in [-0.05, 0) is 0 Å². The molecular formula is C10H12O10. The van der Waals surface area contributed by atoms with Gasteiger partial charge in [0.05, 0.1) is 19.1 Å². The number of hydrogen-bond acceptors (Lipinski definition) is 7. The second-order valence-electron chi connectivity index (χ2n) is 3.59. The van der Waals surface area contributed by atoms with Crippen molar-refractivity contribution in [3.63, 3.8) is 0 Å². The number of carboxylic acids is 3. The molecule has 0 aliphatic carbocycles. The minimum absolute atomic E-state index is 0.222. The summed E-state index contributed by atoms with van der Waals surface area (Å²) in [4.78, 5) is 30.5. The number of carbonyl (C=O) groups is 3. The van der Waals surface area contributed by atoms with Gasteiger partial charge in [0, 0.05) is 6.07 Å². The van der Waals surface area contributed by atoms with Crippen LogP contribution in [-0.4, -0.2) is 54.1 Å². The largest absolute Gasteiger partial charge is 0.502 e. The zero-order valence-electron chi connectivity index (χ0n) is 9.89. The third-order valence-corrected chi connectivity index (χ3v) is 1.91. The minimum Gasteiger partial charge on any atom is -0.502 e. The van der Waals surface area contributed by atoms with Gasteiger partial charge in [0.25, 0.3) is 0 Å². The molecule has 10 nitrogen and oxygen atoms in total. The molecule has 0 aliphatic rings. The summed E-state index contributed by atoms with van der Waals surface area (Å²) in [5.74, 6) is -5.67. The topological polar surface area (TPSA) is 186 Å². The molecule has 0 unspecified atom stereocenters. The van der Waals surface area contributed by atoms with Crippen LogP contribution in [0.5, 0.6) is 11.7 Å². The summed E-state index contributed by atoms with van der Waals surface area (Å²) in [7, 11) is 0. The van der Waals surface area contributed by atoms with Gasteiger partial charge < -0.3 is 35.1 Å². The molecule has 1 aromatic rings. The highest BCUT2D eigenvalue weighted by molar-refractivity contribution is 5.88. The fraction of sp³-hybridized carbons (Fsp3) is 0.300. The fourth-order valence-electron chi connectivity index (χ4n) is 1.01. The van der Waals surface area contributed by atoms with Crippen LogP contribution in [0, 0.1) is 0 Å². The second-order valence-corrected chi connectivity index (χ2v) is 3.59. The van der Waals surface area contributed by atoms with Crippen molar-refractivity contribution in [2.75, 3.05) is 0 Å². The predicted molar refractivity (Wildman–Crippen MR) is 59.1 cm³/mol. The predicted octanol–water partition coefficient (Wildman–Crippen LogP) is -0.558. The Morgan fingerprint density at radius 2 is 1.50 bits per heavy atom. The summed E-state index contributed by atoms with van der Waals surface area (Å²) in [6.45, 7) is 0. The second kappa shape index (κ2) is 6.99. The van der Waals surface area contributed by atoms with E-state index in [0.29, 0.717) is 0 Å². The zero-order chi connectivity index (χ0) is 15.9. The molecule has 0 saturated carbocycles. The summed E-state index contributed by atoms with van der Waals surface area (Å²) in [6, 6.07) is 1.26. The van der Waals surface area contributed by atoms with Gasteiger partial charge >= 0.3 is 23.9 Å². The Morgan fingerprint density at radius 1 is 1.05 bits per heavy atom. The van der Waals surface area contributed by atoms with Crippen molar-refractivity contribution < 1.29 is 49.4 Å². The van der Waals surface area contributed by atoms with E-state index < -0.39 is 42.3 Å². The third-order valence-electron chi connectivity index (χ3n) is 1.91. The molecule has 0 saturated heterocycles. The number of aliphatic carboxylic acids is 3. The highest BCUT2D eigenvalue weighted by atomic mass is 16.5. The molecule has 0 aromatic carbocycles. The lowest BCUT2D eigenvalue weighted by atomic mass is 9.96. The normalized spacial score (nSPS) is 10.2. The molecule has 112 valence electrons. The van der Waals surface area contributed by atoms with Crippen LogP contribution < -0.4 is 0 Å². The Balaban J connectivity index is 0.000000428. The lowest BCUT2D eigenvalue weighted by molar-refractivity contribution is -0.170. The number of aromatic hydroxyl groups is 2. The Bertz CT molecular complexity index is 455. The Hall–Kier alpha value is -2.75. The van der Waals surface area contributed by atoms with Gasteiger partial charge in [-0.25, -0.2) is 4.79 Å². The van der Waals surface area contributed by atoms with Crippen molar-refractivity contribution in [1.29, 1.82) is 0 Å².